The summed E-state index contributed by atoms with van der Waals surface area (Å²) in [6.07, 6.45) is 3.44. The van der Waals surface area contributed by atoms with Crippen LogP contribution in [0.25, 0.3) is 0 Å². The van der Waals surface area contributed by atoms with Gasteiger partial charge in [0.15, 0.2) is 0 Å². The molecule has 1 aliphatic rings. The van der Waals surface area contributed by atoms with Gasteiger partial charge in [0.05, 0.1) is 10.6 Å². The first-order valence-corrected chi connectivity index (χ1v) is 7.81. The lowest BCUT2D eigenvalue weighted by molar-refractivity contribution is -0.0232. The van der Waals surface area contributed by atoms with Gasteiger partial charge in [-0.2, -0.15) is 0 Å². The highest BCUT2D eigenvalue weighted by Crippen LogP contribution is 2.39. The summed E-state index contributed by atoms with van der Waals surface area (Å²) in [4.78, 5) is 12.5. The molecule has 1 fully saturated rings. The van der Waals surface area contributed by atoms with E-state index in [1.54, 1.807) is 11.4 Å². The summed E-state index contributed by atoms with van der Waals surface area (Å²) in [7, 11) is 0. The number of nitrogens with one attached hydrogen (secondary N) is 1. The Hall–Kier alpha value is -0.580. The Balaban J connectivity index is 1.89. The SMILES string of the molecule is CC1(C)CCC(O)(CNC(=O)c2sccc2Cl)CC1. The van der Waals surface area contributed by atoms with E-state index in [4.69, 9.17) is 11.6 Å². The molecule has 3 nitrogen and oxygen atoms in total. The summed E-state index contributed by atoms with van der Waals surface area (Å²) in [6.45, 7) is 4.74. The summed E-state index contributed by atoms with van der Waals surface area (Å²) in [5, 5.41) is 15.5. The third kappa shape index (κ3) is 3.71. The molecule has 0 aliphatic heterocycles. The maximum Gasteiger partial charge on any atom is 0.262 e. The van der Waals surface area contributed by atoms with Crippen LogP contribution in [0.2, 0.25) is 5.02 Å². The van der Waals surface area contributed by atoms with E-state index in [-0.39, 0.29) is 5.91 Å². The number of hydrogen-bond donors (Lipinski definition) is 2. The normalized spacial score (nSPS) is 21.1. The highest BCUT2D eigenvalue weighted by molar-refractivity contribution is 7.12. The smallest absolute Gasteiger partial charge is 0.262 e. The number of thiophene rings is 1. The standard InChI is InChI=1S/C14H20ClNO2S/c1-13(2)4-6-14(18,7-5-13)9-16-12(17)11-10(15)3-8-19-11/h3,8,18H,4-7,9H2,1-2H3,(H,16,17). The van der Waals surface area contributed by atoms with Crippen LogP contribution >= 0.6 is 22.9 Å². The minimum atomic E-state index is -0.769. The summed E-state index contributed by atoms with van der Waals surface area (Å²) in [5.41, 5.74) is -0.470. The second kappa shape index (κ2) is 5.43. The van der Waals surface area contributed by atoms with E-state index in [1.807, 2.05) is 0 Å². The Morgan fingerprint density at radius 3 is 2.58 bits per heavy atom. The van der Waals surface area contributed by atoms with E-state index >= 15 is 0 Å². The fourth-order valence-corrected chi connectivity index (χ4v) is 3.41. The minimum absolute atomic E-state index is 0.196. The zero-order chi connectivity index (χ0) is 14.1. The number of amides is 1. The Kier molecular flexibility index (Phi) is 4.23. The molecule has 1 heterocycles. The van der Waals surface area contributed by atoms with Crippen LogP contribution in [0.1, 0.15) is 49.2 Å². The van der Waals surface area contributed by atoms with Crippen LogP contribution in [0.5, 0.6) is 0 Å². The van der Waals surface area contributed by atoms with Crippen molar-refractivity contribution in [1.29, 1.82) is 0 Å². The second-order valence-electron chi connectivity index (χ2n) is 6.17. The van der Waals surface area contributed by atoms with Gasteiger partial charge in [0.25, 0.3) is 5.91 Å². The zero-order valence-corrected chi connectivity index (χ0v) is 12.9. The van der Waals surface area contributed by atoms with Crippen molar-refractivity contribution in [2.24, 2.45) is 5.41 Å². The molecule has 0 saturated heterocycles. The van der Waals surface area contributed by atoms with E-state index < -0.39 is 5.60 Å². The van der Waals surface area contributed by atoms with E-state index in [9.17, 15) is 9.90 Å². The summed E-state index contributed by atoms with van der Waals surface area (Å²) in [5.74, 6) is -0.196. The summed E-state index contributed by atoms with van der Waals surface area (Å²) in [6, 6.07) is 1.71. The van der Waals surface area contributed by atoms with Crippen LogP contribution in [-0.2, 0) is 0 Å². The lowest BCUT2D eigenvalue weighted by atomic mass is 9.71. The molecular weight excluding hydrogens is 282 g/mol. The molecule has 2 rings (SSSR count). The molecule has 1 amide bonds. The molecule has 0 atom stereocenters. The Labute approximate surface area is 123 Å². The topological polar surface area (TPSA) is 49.3 Å². The van der Waals surface area contributed by atoms with Crippen molar-refractivity contribution in [3.63, 3.8) is 0 Å². The zero-order valence-electron chi connectivity index (χ0n) is 11.3. The molecule has 5 heteroatoms. The van der Waals surface area contributed by atoms with Crippen molar-refractivity contribution >= 4 is 28.8 Å². The largest absolute Gasteiger partial charge is 0.388 e. The van der Waals surface area contributed by atoms with Gasteiger partial charge in [-0.15, -0.1) is 11.3 Å². The number of hydrogen-bond acceptors (Lipinski definition) is 3. The van der Waals surface area contributed by atoms with Crippen molar-refractivity contribution < 1.29 is 9.90 Å². The van der Waals surface area contributed by atoms with Crippen LogP contribution in [0.15, 0.2) is 11.4 Å². The molecule has 2 N–H and O–H groups in total. The van der Waals surface area contributed by atoms with Crippen LogP contribution < -0.4 is 5.32 Å². The first-order valence-electron chi connectivity index (χ1n) is 6.55. The molecule has 0 bridgehead atoms. The molecule has 1 aromatic heterocycles. The number of halogens is 1. The average Bonchev–Trinajstić information content (AvgIpc) is 2.77. The second-order valence-corrected chi connectivity index (χ2v) is 7.49. The fraction of sp³-hybridized carbons (Fsp3) is 0.643. The Bertz CT molecular complexity index is 460. The number of carbonyl (C=O) groups excluding carboxylic acids is 1. The van der Waals surface area contributed by atoms with E-state index in [0.29, 0.717) is 21.9 Å². The highest BCUT2D eigenvalue weighted by atomic mass is 35.5. The van der Waals surface area contributed by atoms with Gasteiger partial charge in [-0.25, -0.2) is 0 Å². The first kappa shape index (κ1) is 14.8. The van der Waals surface area contributed by atoms with Gasteiger partial charge in [0, 0.05) is 6.54 Å². The molecule has 1 saturated carbocycles. The number of aliphatic hydroxyl groups is 1. The van der Waals surface area contributed by atoms with Crippen LogP contribution in [0.3, 0.4) is 0 Å². The summed E-state index contributed by atoms with van der Waals surface area (Å²) < 4.78 is 0. The molecule has 0 unspecified atom stereocenters. The Morgan fingerprint density at radius 1 is 1.42 bits per heavy atom. The lowest BCUT2D eigenvalue weighted by Gasteiger charge is -2.40. The molecular formula is C14H20ClNO2S. The molecule has 0 aromatic carbocycles. The van der Waals surface area contributed by atoms with Gasteiger partial charge in [0.2, 0.25) is 0 Å². The van der Waals surface area contributed by atoms with Crippen LogP contribution in [-0.4, -0.2) is 23.2 Å². The van der Waals surface area contributed by atoms with Gasteiger partial charge in [-0.3, -0.25) is 4.79 Å². The summed E-state index contributed by atoms with van der Waals surface area (Å²) >= 11 is 7.23. The predicted octanol–water partition coefficient (Wildman–Crippen LogP) is 3.46. The molecule has 1 aliphatic carbocycles. The average molecular weight is 302 g/mol. The number of rotatable bonds is 3. The van der Waals surface area contributed by atoms with E-state index in [0.717, 1.165) is 25.7 Å². The monoisotopic (exact) mass is 301 g/mol. The minimum Gasteiger partial charge on any atom is -0.388 e. The van der Waals surface area contributed by atoms with Crippen molar-refractivity contribution in [3.8, 4) is 0 Å². The van der Waals surface area contributed by atoms with Gasteiger partial charge in [-0.05, 0) is 42.5 Å². The third-order valence-corrected chi connectivity index (χ3v) is 5.28. The molecule has 0 spiro atoms. The van der Waals surface area contributed by atoms with Gasteiger partial charge in [-0.1, -0.05) is 25.4 Å². The van der Waals surface area contributed by atoms with Crippen molar-refractivity contribution in [2.45, 2.75) is 45.1 Å². The van der Waals surface area contributed by atoms with Gasteiger partial charge in [0.1, 0.15) is 4.88 Å². The lowest BCUT2D eigenvalue weighted by Crippen LogP contribution is -2.46. The van der Waals surface area contributed by atoms with E-state index in [1.165, 1.54) is 11.3 Å². The van der Waals surface area contributed by atoms with Gasteiger partial charge >= 0.3 is 0 Å². The third-order valence-electron chi connectivity index (χ3n) is 3.94. The number of carbonyl (C=O) groups is 1. The Morgan fingerprint density at radius 2 is 2.05 bits per heavy atom. The van der Waals surface area contributed by atoms with Crippen molar-refractivity contribution in [1.82, 2.24) is 5.32 Å². The fourth-order valence-electron chi connectivity index (χ4n) is 2.35. The van der Waals surface area contributed by atoms with Crippen molar-refractivity contribution in [3.05, 3.63) is 21.3 Å². The van der Waals surface area contributed by atoms with Gasteiger partial charge < -0.3 is 10.4 Å². The molecule has 106 valence electrons. The van der Waals surface area contributed by atoms with Crippen LogP contribution in [0.4, 0.5) is 0 Å². The molecule has 19 heavy (non-hydrogen) atoms. The highest BCUT2D eigenvalue weighted by Gasteiger charge is 2.36. The molecule has 0 radical (unpaired) electrons. The van der Waals surface area contributed by atoms with E-state index in [2.05, 4.69) is 19.2 Å². The first-order chi connectivity index (χ1) is 8.81. The van der Waals surface area contributed by atoms with Crippen molar-refractivity contribution in [2.75, 3.05) is 6.54 Å². The van der Waals surface area contributed by atoms with Crippen LogP contribution in [0, 0.1) is 5.41 Å². The molecule has 1 aromatic rings. The quantitative estimate of drug-likeness (QED) is 0.898. The maximum atomic E-state index is 11.9. The maximum absolute atomic E-state index is 11.9. The predicted molar refractivity (Wildman–Crippen MR) is 78.9 cm³/mol.